The number of rotatable bonds is 3. The Morgan fingerprint density at radius 1 is 1.37 bits per heavy atom. The van der Waals surface area contributed by atoms with E-state index in [1.165, 1.54) is 10.5 Å². The number of fused-ring (bicyclic) bond motifs is 1. The highest BCUT2D eigenvalue weighted by Crippen LogP contribution is 2.42. The molecule has 102 valence electrons. The van der Waals surface area contributed by atoms with Crippen molar-refractivity contribution in [2.75, 3.05) is 5.75 Å². The molecule has 3 rings (SSSR count). The zero-order valence-electron chi connectivity index (χ0n) is 10.8. The van der Waals surface area contributed by atoms with Crippen molar-refractivity contribution >= 4 is 17.7 Å². The molecule has 1 fully saturated rings. The Labute approximate surface area is 117 Å². The van der Waals surface area contributed by atoms with Gasteiger partial charge in [-0.05, 0) is 43.2 Å². The SMILES string of the molecule is O=C(O)C1CCCC(CC2CSc3ccccc32)N1. The fourth-order valence-electron chi connectivity index (χ4n) is 3.17. The molecule has 0 aromatic heterocycles. The van der Waals surface area contributed by atoms with E-state index in [0.29, 0.717) is 12.0 Å². The van der Waals surface area contributed by atoms with Crippen LogP contribution in [-0.4, -0.2) is 28.9 Å². The molecule has 0 spiro atoms. The summed E-state index contributed by atoms with van der Waals surface area (Å²) in [6.07, 6.45) is 3.96. The minimum atomic E-state index is -0.703. The van der Waals surface area contributed by atoms with Crippen molar-refractivity contribution in [1.82, 2.24) is 5.32 Å². The van der Waals surface area contributed by atoms with Gasteiger partial charge in [0.15, 0.2) is 0 Å². The second kappa shape index (κ2) is 5.55. The Hall–Kier alpha value is -1.00. The maximum Gasteiger partial charge on any atom is 0.320 e. The molecule has 4 heteroatoms. The van der Waals surface area contributed by atoms with E-state index in [2.05, 4.69) is 29.6 Å². The van der Waals surface area contributed by atoms with Crippen LogP contribution < -0.4 is 5.32 Å². The number of carboxylic acid groups (broad SMARTS) is 1. The maximum absolute atomic E-state index is 11.1. The number of nitrogens with one attached hydrogen (secondary N) is 1. The molecule has 2 aliphatic heterocycles. The zero-order valence-corrected chi connectivity index (χ0v) is 11.7. The second-order valence-corrected chi connectivity index (χ2v) is 6.53. The summed E-state index contributed by atoms with van der Waals surface area (Å²) in [6, 6.07) is 8.61. The van der Waals surface area contributed by atoms with Crippen molar-refractivity contribution in [2.45, 2.75) is 48.6 Å². The lowest BCUT2D eigenvalue weighted by Gasteiger charge is -2.30. The zero-order chi connectivity index (χ0) is 13.2. The van der Waals surface area contributed by atoms with Crippen molar-refractivity contribution in [3.63, 3.8) is 0 Å². The fourth-order valence-corrected chi connectivity index (χ4v) is 4.44. The van der Waals surface area contributed by atoms with E-state index >= 15 is 0 Å². The standard InChI is InChI=1S/C15H19NO2S/c17-15(18)13-6-3-4-11(16-13)8-10-9-19-14-7-2-1-5-12(10)14/h1-2,5,7,10-11,13,16H,3-4,6,8-9H2,(H,17,18). The van der Waals surface area contributed by atoms with Gasteiger partial charge in [-0.15, -0.1) is 11.8 Å². The van der Waals surface area contributed by atoms with Crippen molar-refractivity contribution in [1.29, 1.82) is 0 Å². The highest BCUT2D eigenvalue weighted by atomic mass is 32.2. The van der Waals surface area contributed by atoms with Gasteiger partial charge in [0.25, 0.3) is 0 Å². The summed E-state index contributed by atoms with van der Waals surface area (Å²) in [5, 5.41) is 12.4. The van der Waals surface area contributed by atoms with Gasteiger partial charge in [0.1, 0.15) is 6.04 Å². The fraction of sp³-hybridized carbons (Fsp3) is 0.533. The Kier molecular flexibility index (Phi) is 3.80. The Balaban J connectivity index is 1.65. The van der Waals surface area contributed by atoms with Crippen LogP contribution in [0, 0.1) is 0 Å². The summed E-state index contributed by atoms with van der Waals surface area (Å²) in [6.45, 7) is 0. The van der Waals surface area contributed by atoms with E-state index in [0.717, 1.165) is 31.4 Å². The highest BCUT2D eigenvalue weighted by Gasteiger charge is 2.30. The topological polar surface area (TPSA) is 49.3 Å². The third-order valence-corrected chi connectivity index (χ3v) is 5.40. The van der Waals surface area contributed by atoms with Gasteiger partial charge in [0.2, 0.25) is 0 Å². The largest absolute Gasteiger partial charge is 0.480 e. The van der Waals surface area contributed by atoms with E-state index in [9.17, 15) is 4.79 Å². The van der Waals surface area contributed by atoms with Gasteiger partial charge in [-0.3, -0.25) is 4.79 Å². The monoisotopic (exact) mass is 277 g/mol. The van der Waals surface area contributed by atoms with Crippen LogP contribution >= 0.6 is 11.8 Å². The van der Waals surface area contributed by atoms with Gasteiger partial charge >= 0.3 is 5.97 Å². The normalized spacial score (nSPS) is 30.0. The lowest BCUT2D eigenvalue weighted by Crippen LogP contribution is -2.47. The molecule has 3 atom stereocenters. The molecule has 1 aromatic carbocycles. The minimum Gasteiger partial charge on any atom is -0.480 e. The van der Waals surface area contributed by atoms with Crippen molar-refractivity contribution in [3.8, 4) is 0 Å². The van der Waals surface area contributed by atoms with Crippen molar-refractivity contribution < 1.29 is 9.90 Å². The van der Waals surface area contributed by atoms with E-state index in [1.807, 2.05) is 11.8 Å². The third-order valence-electron chi connectivity index (χ3n) is 4.15. The van der Waals surface area contributed by atoms with Crippen LogP contribution in [0.25, 0.3) is 0 Å². The van der Waals surface area contributed by atoms with Gasteiger partial charge in [-0.2, -0.15) is 0 Å². The molecule has 0 saturated carbocycles. The third kappa shape index (κ3) is 2.79. The Morgan fingerprint density at radius 3 is 3.05 bits per heavy atom. The van der Waals surface area contributed by atoms with Gasteiger partial charge in [-0.1, -0.05) is 18.2 Å². The summed E-state index contributed by atoms with van der Waals surface area (Å²) in [5.41, 5.74) is 1.45. The molecule has 2 aliphatic rings. The van der Waals surface area contributed by atoms with Gasteiger partial charge in [-0.25, -0.2) is 0 Å². The number of aliphatic carboxylic acids is 1. The molecule has 1 aromatic rings. The summed E-state index contributed by atoms with van der Waals surface area (Å²) in [7, 11) is 0. The maximum atomic E-state index is 11.1. The van der Waals surface area contributed by atoms with Gasteiger partial charge < -0.3 is 10.4 Å². The van der Waals surface area contributed by atoms with Crippen molar-refractivity contribution in [2.24, 2.45) is 0 Å². The Morgan fingerprint density at radius 2 is 2.21 bits per heavy atom. The quantitative estimate of drug-likeness (QED) is 0.892. The van der Waals surface area contributed by atoms with E-state index in [1.54, 1.807) is 0 Å². The van der Waals surface area contributed by atoms with E-state index in [-0.39, 0.29) is 6.04 Å². The summed E-state index contributed by atoms with van der Waals surface area (Å²) in [4.78, 5) is 12.5. The average Bonchev–Trinajstić information content (AvgIpc) is 2.83. The summed E-state index contributed by atoms with van der Waals surface area (Å²) < 4.78 is 0. The molecule has 0 aliphatic carbocycles. The number of carboxylic acids is 1. The molecular weight excluding hydrogens is 258 g/mol. The number of hydrogen-bond acceptors (Lipinski definition) is 3. The first-order valence-corrected chi connectivity index (χ1v) is 7.93. The predicted octanol–water partition coefficient (Wildman–Crippen LogP) is 2.86. The number of carbonyl (C=O) groups is 1. The van der Waals surface area contributed by atoms with E-state index < -0.39 is 5.97 Å². The molecule has 2 heterocycles. The highest BCUT2D eigenvalue weighted by molar-refractivity contribution is 7.99. The summed E-state index contributed by atoms with van der Waals surface area (Å²) in [5.74, 6) is 1.01. The van der Waals surface area contributed by atoms with Crippen LogP contribution in [0.4, 0.5) is 0 Å². The first kappa shape index (κ1) is 13.0. The van der Waals surface area contributed by atoms with Crippen LogP contribution in [0.1, 0.15) is 37.2 Å². The molecule has 0 amide bonds. The number of hydrogen-bond donors (Lipinski definition) is 2. The van der Waals surface area contributed by atoms with Crippen LogP contribution in [-0.2, 0) is 4.79 Å². The van der Waals surface area contributed by atoms with Crippen LogP contribution in [0.3, 0.4) is 0 Å². The first-order valence-electron chi connectivity index (χ1n) is 6.94. The predicted molar refractivity (Wildman–Crippen MR) is 76.7 cm³/mol. The lowest BCUT2D eigenvalue weighted by molar-refractivity contribution is -0.140. The summed E-state index contributed by atoms with van der Waals surface area (Å²) >= 11 is 1.93. The Bertz CT molecular complexity index is 477. The molecule has 0 radical (unpaired) electrons. The molecule has 1 saturated heterocycles. The van der Waals surface area contributed by atoms with E-state index in [4.69, 9.17) is 5.11 Å². The lowest BCUT2D eigenvalue weighted by atomic mass is 9.88. The van der Waals surface area contributed by atoms with Gasteiger partial charge in [0, 0.05) is 16.7 Å². The van der Waals surface area contributed by atoms with Crippen LogP contribution in [0.2, 0.25) is 0 Å². The second-order valence-electron chi connectivity index (χ2n) is 5.47. The number of piperidine rings is 1. The van der Waals surface area contributed by atoms with Crippen molar-refractivity contribution in [3.05, 3.63) is 29.8 Å². The molecule has 3 unspecified atom stereocenters. The molecule has 0 bridgehead atoms. The first-order chi connectivity index (χ1) is 9.24. The van der Waals surface area contributed by atoms with Gasteiger partial charge in [0.05, 0.1) is 0 Å². The van der Waals surface area contributed by atoms with Crippen LogP contribution in [0.15, 0.2) is 29.2 Å². The minimum absolute atomic E-state index is 0.344. The number of benzene rings is 1. The number of thioether (sulfide) groups is 1. The smallest absolute Gasteiger partial charge is 0.320 e. The molecular formula is C15H19NO2S. The molecule has 3 nitrogen and oxygen atoms in total. The average molecular weight is 277 g/mol. The molecule has 19 heavy (non-hydrogen) atoms. The van der Waals surface area contributed by atoms with Crippen LogP contribution in [0.5, 0.6) is 0 Å². The molecule has 2 N–H and O–H groups in total.